The summed E-state index contributed by atoms with van der Waals surface area (Å²) in [5.41, 5.74) is 0. The van der Waals surface area contributed by atoms with Gasteiger partial charge in [-0.3, -0.25) is 9.59 Å². The summed E-state index contributed by atoms with van der Waals surface area (Å²) in [5.74, 6) is -2.49. The third-order valence-electron chi connectivity index (χ3n) is 4.96. The summed E-state index contributed by atoms with van der Waals surface area (Å²) in [6.45, 7) is 3.04. The van der Waals surface area contributed by atoms with Gasteiger partial charge in [-0.2, -0.15) is 0 Å². The van der Waals surface area contributed by atoms with Crippen LogP contribution in [0.15, 0.2) is 29.2 Å². The van der Waals surface area contributed by atoms with Gasteiger partial charge in [0.05, 0.1) is 10.8 Å². The van der Waals surface area contributed by atoms with Crippen molar-refractivity contribution in [1.29, 1.82) is 0 Å². The van der Waals surface area contributed by atoms with Gasteiger partial charge < -0.3 is 10.4 Å². The molecule has 0 bridgehead atoms. The second-order valence-corrected chi connectivity index (χ2v) is 9.24. The van der Waals surface area contributed by atoms with Crippen molar-refractivity contribution in [2.24, 2.45) is 5.92 Å². The van der Waals surface area contributed by atoms with Gasteiger partial charge in [0.15, 0.2) is 14.6 Å². The topological polar surface area (TPSA) is 101 Å². The van der Waals surface area contributed by atoms with Crippen LogP contribution in [0.2, 0.25) is 5.02 Å². The van der Waals surface area contributed by atoms with Crippen molar-refractivity contribution in [3.8, 4) is 0 Å². The van der Waals surface area contributed by atoms with Gasteiger partial charge in [-0.15, -0.1) is 0 Å². The van der Waals surface area contributed by atoms with Gasteiger partial charge in [0.25, 0.3) is 0 Å². The second kappa shape index (κ2) is 7.33. The van der Waals surface area contributed by atoms with Gasteiger partial charge in [-0.25, -0.2) is 8.42 Å². The highest BCUT2D eigenvalue weighted by Gasteiger charge is 2.53. The number of carboxylic acids is 1. The van der Waals surface area contributed by atoms with Gasteiger partial charge >= 0.3 is 5.97 Å². The van der Waals surface area contributed by atoms with E-state index in [1.165, 1.54) is 31.2 Å². The van der Waals surface area contributed by atoms with E-state index >= 15 is 0 Å². The summed E-state index contributed by atoms with van der Waals surface area (Å²) < 4.78 is 24.8. The Bertz CT molecular complexity index is 754. The average molecular weight is 388 g/mol. The molecule has 0 spiro atoms. The van der Waals surface area contributed by atoms with Crippen molar-refractivity contribution >= 4 is 33.3 Å². The number of carboxylic acid groups (broad SMARTS) is 1. The predicted octanol–water partition coefficient (Wildman–Crippen LogP) is 2.65. The number of carbonyl (C=O) groups is 2. The summed E-state index contributed by atoms with van der Waals surface area (Å²) in [5, 5.41) is 12.1. The SMILES string of the molecule is CC(NC(=O)C1(S(=O)(=O)c2ccc(Cl)cc2)CCCC1)C(C)C(=O)O. The molecule has 0 aliphatic heterocycles. The lowest BCUT2D eigenvalue weighted by molar-refractivity contribution is -0.142. The van der Waals surface area contributed by atoms with Gasteiger partial charge in [0.1, 0.15) is 0 Å². The lowest BCUT2D eigenvalue weighted by Crippen LogP contribution is -2.54. The summed E-state index contributed by atoms with van der Waals surface area (Å²) in [4.78, 5) is 24.0. The van der Waals surface area contributed by atoms with Gasteiger partial charge in [0.2, 0.25) is 5.91 Å². The van der Waals surface area contributed by atoms with E-state index in [4.69, 9.17) is 16.7 Å². The van der Waals surface area contributed by atoms with Crippen molar-refractivity contribution in [2.45, 2.75) is 55.2 Å². The molecule has 6 nitrogen and oxygen atoms in total. The standard InChI is InChI=1S/C17H22ClNO5S/c1-11(15(20)21)12(2)19-16(22)17(9-3-4-10-17)25(23,24)14-7-5-13(18)6-8-14/h5-8,11-12H,3-4,9-10H2,1-2H3,(H,19,22)(H,20,21). The Hall–Kier alpha value is -1.60. The van der Waals surface area contributed by atoms with Crippen LogP contribution in [0.25, 0.3) is 0 Å². The molecule has 2 rings (SSSR count). The van der Waals surface area contributed by atoms with E-state index in [2.05, 4.69) is 5.32 Å². The number of hydrogen-bond donors (Lipinski definition) is 2. The first-order chi connectivity index (χ1) is 11.6. The molecular weight excluding hydrogens is 366 g/mol. The highest BCUT2D eigenvalue weighted by atomic mass is 35.5. The average Bonchev–Trinajstić information content (AvgIpc) is 3.05. The molecule has 2 atom stereocenters. The zero-order valence-corrected chi connectivity index (χ0v) is 15.7. The number of aliphatic carboxylic acids is 1. The number of halogens is 1. The molecule has 0 saturated heterocycles. The second-order valence-electron chi connectivity index (χ2n) is 6.55. The van der Waals surface area contributed by atoms with Crippen molar-refractivity contribution in [3.05, 3.63) is 29.3 Å². The van der Waals surface area contributed by atoms with Gasteiger partial charge in [-0.05, 0) is 51.0 Å². The lowest BCUT2D eigenvalue weighted by atomic mass is 10.0. The molecule has 1 saturated carbocycles. The molecule has 0 radical (unpaired) electrons. The fourth-order valence-corrected chi connectivity index (χ4v) is 5.28. The fourth-order valence-electron chi connectivity index (χ4n) is 3.08. The van der Waals surface area contributed by atoms with Crippen LogP contribution in [0.1, 0.15) is 39.5 Å². The van der Waals surface area contributed by atoms with Gasteiger partial charge in [0, 0.05) is 11.1 Å². The Kier molecular flexibility index (Phi) is 5.79. The van der Waals surface area contributed by atoms with Crippen molar-refractivity contribution in [2.75, 3.05) is 0 Å². The maximum absolute atomic E-state index is 13.2. The Morgan fingerprint density at radius 2 is 1.68 bits per heavy atom. The molecule has 0 heterocycles. The van der Waals surface area contributed by atoms with E-state index in [0.29, 0.717) is 17.9 Å². The van der Waals surface area contributed by atoms with Crippen LogP contribution < -0.4 is 5.32 Å². The van der Waals surface area contributed by atoms with E-state index in [9.17, 15) is 18.0 Å². The Morgan fingerprint density at radius 3 is 2.16 bits per heavy atom. The predicted molar refractivity (Wildman–Crippen MR) is 94.2 cm³/mol. The number of hydrogen-bond acceptors (Lipinski definition) is 4. The van der Waals surface area contributed by atoms with Crippen LogP contribution in [0.4, 0.5) is 0 Å². The van der Waals surface area contributed by atoms with E-state index < -0.39 is 38.4 Å². The van der Waals surface area contributed by atoms with Crippen molar-refractivity contribution in [3.63, 3.8) is 0 Å². The number of amides is 1. The Balaban J connectivity index is 2.36. The minimum atomic E-state index is -3.93. The summed E-state index contributed by atoms with van der Waals surface area (Å²) in [6.07, 6.45) is 1.70. The summed E-state index contributed by atoms with van der Waals surface area (Å²) in [7, 11) is -3.93. The molecule has 2 unspecified atom stereocenters. The third kappa shape index (κ3) is 3.67. The molecule has 1 aliphatic carbocycles. The minimum Gasteiger partial charge on any atom is -0.481 e. The van der Waals surface area contributed by atoms with Crippen LogP contribution in [-0.2, 0) is 19.4 Å². The molecule has 2 N–H and O–H groups in total. The first-order valence-electron chi connectivity index (χ1n) is 8.16. The molecule has 1 fully saturated rings. The normalized spacial score (nSPS) is 19.2. The zero-order valence-electron chi connectivity index (χ0n) is 14.2. The highest BCUT2D eigenvalue weighted by Crippen LogP contribution is 2.41. The maximum atomic E-state index is 13.2. The molecule has 1 aliphatic rings. The van der Waals surface area contributed by atoms with Crippen LogP contribution >= 0.6 is 11.6 Å². The van der Waals surface area contributed by atoms with Crippen molar-refractivity contribution < 1.29 is 23.1 Å². The van der Waals surface area contributed by atoms with E-state index in [0.717, 1.165) is 0 Å². The number of carbonyl (C=O) groups excluding carboxylic acids is 1. The highest BCUT2D eigenvalue weighted by molar-refractivity contribution is 7.93. The smallest absolute Gasteiger partial charge is 0.308 e. The first-order valence-corrected chi connectivity index (χ1v) is 10.0. The number of benzene rings is 1. The van der Waals surface area contributed by atoms with Crippen molar-refractivity contribution in [1.82, 2.24) is 5.32 Å². The number of nitrogens with one attached hydrogen (secondary N) is 1. The number of sulfone groups is 1. The van der Waals surface area contributed by atoms with Crippen LogP contribution in [-0.4, -0.2) is 36.2 Å². The molecule has 8 heteroatoms. The number of rotatable bonds is 6. The Morgan fingerprint density at radius 1 is 1.16 bits per heavy atom. The molecule has 1 aromatic rings. The van der Waals surface area contributed by atoms with Crippen LogP contribution in [0.5, 0.6) is 0 Å². The molecule has 0 aromatic heterocycles. The molecular formula is C17H22ClNO5S. The summed E-state index contributed by atoms with van der Waals surface area (Å²) in [6, 6.07) is 5.07. The molecule has 1 aromatic carbocycles. The van der Waals surface area contributed by atoms with E-state index in [1.54, 1.807) is 6.92 Å². The van der Waals surface area contributed by atoms with Gasteiger partial charge in [-0.1, -0.05) is 24.4 Å². The molecule has 25 heavy (non-hydrogen) atoms. The zero-order chi connectivity index (χ0) is 18.8. The lowest BCUT2D eigenvalue weighted by Gasteiger charge is -2.30. The third-order valence-corrected chi connectivity index (χ3v) is 7.73. The van der Waals surface area contributed by atoms with Crippen LogP contribution in [0.3, 0.4) is 0 Å². The first kappa shape index (κ1) is 19.7. The fraction of sp³-hybridized carbons (Fsp3) is 0.529. The quantitative estimate of drug-likeness (QED) is 0.781. The summed E-state index contributed by atoms with van der Waals surface area (Å²) >= 11 is 5.82. The Labute approximate surface area is 152 Å². The molecule has 1 amide bonds. The van der Waals surface area contributed by atoms with Crippen LogP contribution in [0, 0.1) is 5.92 Å². The van der Waals surface area contributed by atoms with E-state index in [1.807, 2.05) is 0 Å². The molecule has 138 valence electrons. The maximum Gasteiger partial charge on any atom is 0.308 e. The largest absolute Gasteiger partial charge is 0.481 e. The minimum absolute atomic E-state index is 0.0490. The monoisotopic (exact) mass is 387 g/mol. The van der Waals surface area contributed by atoms with E-state index in [-0.39, 0.29) is 17.7 Å².